The Bertz CT molecular complexity index is 417. The van der Waals surface area contributed by atoms with Crippen LogP contribution in [-0.2, 0) is 0 Å². The van der Waals surface area contributed by atoms with Gasteiger partial charge in [-0.25, -0.2) is 0 Å². The first-order valence-electron chi connectivity index (χ1n) is 7.79. The topological polar surface area (TPSA) is 15.3 Å². The molecule has 2 nitrogen and oxygen atoms in total. The molecule has 1 N–H and O–H groups in total. The molecule has 3 heteroatoms. The molecule has 0 amide bonds. The maximum atomic E-state index is 6.30. The smallest absolute Gasteiger partial charge is 0.0453 e. The van der Waals surface area contributed by atoms with Gasteiger partial charge < -0.3 is 5.32 Å². The van der Waals surface area contributed by atoms with Crippen LogP contribution in [0, 0.1) is 0 Å². The van der Waals surface area contributed by atoms with Crippen molar-refractivity contribution < 1.29 is 0 Å². The molecule has 1 fully saturated rings. The number of halogens is 1. The molecule has 0 aromatic heterocycles. The zero-order valence-electron chi connectivity index (χ0n) is 12.9. The van der Waals surface area contributed by atoms with E-state index in [2.05, 4.69) is 43.2 Å². The molecular formula is C17H27ClN2. The van der Waals surface area contributed by atoms with Crippen molar-refractivity contribution in [2.24, 2.45) is 0 Å². The van der Waals surface area contributed by atoms with Gasteiger partial charge in [0, 0.05) is 23.1 Å². The standard InChI is InChI=1S/C17H27ClN2/c1-13(7-6-12-19-15-10-11-15)20(3)14(2)16-8-4-5-9-17(16)18/h4-5,8-9,13-15,19H,6-7,10-12H2,1-3H3. The Morgan fingerprint density at radius 1 is 1.30 bits per heavy atom. The monoisotopic (exact) mass is 294 g/mol. The van der Waals surface area contributed by atoms with E-state index in [1.54, 1.807) is 0 Å². The van der Waals surface area contributed by atoms with E-state index in [1.165, 1.54) is 31.2 Å². The lowest BCUT2D eigenvalue weighted by Crippen LogP contribution is -2.32. The van der Waals surface area contributed by atoms with E-state index in [4.69, 9.17) is 11.6 Å². The van der Waals surface area contributed by atoms with Crippen LogP contribution in [0.4, 0.5) is 0 Å². The molecule has 2 atom stereocenters. The quantitative estimate of drug-likeness (QED) is 0.721. The summed E-state index contributed by atoms with van der Waals surface area (Å²) in [6, 6.07) is 9.92. The molecule has 0 radical (unpaired) electrons. The molecule has 0 spiro atoms. The summed E-state index contributed by atoms with van der Waals surface area (Å²) in [6.45, 7) is 5.70. The van der Waals surface area contributed by atoms with Gasteiger partial charge in [0.05, 0.1) is 0 Å². The van der Waals surface area contributed by atoms with E-state index in [1.807, 2.05) is 12.1 Å². The molecule has 112 valence electrons. The van der Waals surface area contributed by atoms with Crippen molar-refractivity contribution >= 4 is 11.6 Å². The second-order valence-electron chi connectivity index (χ2n) is 6.08. The van der Waals surface area contributed by atoms with Gasteiger partial charge in [0.1, 0.15) is 0 Å². The Morgan fingerprint density at radius 3 is 2.65 bits per heavy atom. The van der Waals surface area contributed by atoms with Crippen molar-refractivity contribution in [1.29, 1.82) is 0 Å². The second kappa shape index (κ2) is 7.44. The molecule has 0 aliphatic heterocycles. The van der Waals surface area contributed by atoms with Crippen molar-refractivity contribution in [3.05, 3.63) is 34.9 Å². The summed E-state index contributed by atoms with van der Waals surface area (Å²) in [4.78, 5) is 2.43. The summed E-state index contributed by atoms with van der Waals surface area (Å²) in [5.41, 5.74) is 1.22. The molecule has 0 saturated heterocycles. The summed E-state index contributed by atoms with van der Waals surface area (Å²) >= 11 is 6.30. The van der Waals surface area contributed by atoms with Gasteiger partial charge in [-0.1, -0.05) is 29.8 Å². The Kier molecular flexibility index (Phi) is 5.88. The third kappa shape index (κ3) is 4.47. The van der Waals surface area contributed by atoms with Crippen LogP contribution in [0.25, 0.3) is 0 Å². The minimum absolute atomic E-state index is 0.357. The number of benzene rings is 1. The van der Waals surface area contributed by atoms with Crippen LogP contribution in [0.15, 0.2) is 24.3 Å². The van der Waals surface area contributed by atoms with Crippen LogP contribution in [0.5, 0.6) is 0 Å². The fourth-order valence-electron chi connectivity index (χ4n) is 2.61. The molecule has 1 aromatic carbocycles. The Balaban J connectivity index is 1.79. The van der Waals surface area contributed by atoms with Crippen LogP contribution in [0.3, 0.4) is 0 Å². The van der Waals surface area contributed by atoms with Crippen LogP contribution >= 0.6 is 11.6 Å². The zero-order valence-corrected chi connectivity index (χ0v) is 13.7. The number of hydrogen-bond acceptors (Lipinski definition) is 2. The van der Waals surface area contributed by atoms with Gasteiger partial charge >= 0.3 is 0 Å². The molecular weight excluding hydrogens is 268 g/mol. The van der Waals surface area contributed by atoms with E-state index < -0.39 is 0 Å². The van der Waals surface area contributed by atoms with Crippen molar-refractivity contribution in [1.82, 2.24) is 10.2 Å². The third-order valence-corrected chi connectivity index (χ3v) is 4.81. The second-order valence-corrected chi connectivity index (χ2v) is 6.49. The van der Waals surface area contributed by atoms with Gasteiger partial charge in [0.15, 0.2) is 0 Å². The third-order valence-electron chi connectivity index (χ3n) is 4.47. The fraction of sp³-hybridized carbons (Fsp3) is 0.647. The van der Waals surface area contributed by atoms with E-state index >= 15 is 0 Å². The first-order valence-corrected chi connectivity index (χ1v) is 8.17. The normalized spacial score (nSPS) is 18.2. The van der Waals surface area contributed by atoms with Crippen molar-refractivity contribution in [2.75, 3.05) is 13.6 Å². The first kappa shape index (κ1) is 15.8. The lowest BCUT2D eigenvalue weighted by molar-refractivity contribution is 0.186. The SMILES string of the molecule is CC(CCCNC1CC1)N(C)C(C)c1ccccc1Cl. The summed E-state index contributed by atoms with van der Waals surface area (Å²) < 4.78 is 0. The fourth-order valence-corrected chi connectivity index (χ4v) is 2.90. The summed E-state index contributed by atoms with van der Waals surface area (Å²) in [5, 5.41) is 4.45. The zero-order chi connectivity index (χ0) is 14.5. The summed E-state index contributed by atoms with van der Waals surface area (Å²) in [6.07, 6.45) is 5.22. The van der Waals surface area contributed by atoms with Gasteiger partial charge in [0.25, 0.3) is 0 Å². The molecule has 1 saturated carbocycles. The highest BCUT2D eigenvalue weighted by atomic mass is 35.5. The molecule has 2 unspecified atom stereocenters. The Morgan fingerprint density at radius 2 is 2.00 bits per heavy atom. The van der Waals surface area contributed by atoms with Crippen LogP contribution in [0.1, 0.15) is 51.1 Å². The van der Waals surface area contributed by atoms with Crippen LogP contribution in [0.2, 0.25) is 5.02 Å². The van der Waals surface area contributed by atoms with E-state index in [0.717, 1.165) is 17.6 Å². The first-order chi connectivity index (χ1) is 9.59. The number of hydrogen-bond donors (Lipinski definition) is 1. The predicted molar refractivity (Wildman–Crippen MR) is 87.4 cm³/mol. The van der Waals surface area contributed by atoms with Gasteiger partial charge in [-0.15, -0.1) is 0 Å². The van der Waals surface area contributed by atoms with Crippen molar-refractivity contribution in [2.45, 2.75) is 57.7 Å². The summed E-state index contributed by atoms with van der Waals surface area (Å²) in [5.74, 6) is 0. The highest BCUT2D eigenvalue weighted by Crippen LogP contribution is 2.28. The van der Waals surface area contributed by atoms with Crippen molar-refractivity contribution in [3.8, 4) is 0 Å². The van der Waals surface area contributed by atoms with Crippen LogP contribution < -0.4 is 5.32 Å². The average Bonchev–Trinajstić information content (AvgIpc) is 3.26. The summed E-state index contributed by atoms with van der Waals surface area (Å²) in [7, 11) is 2.20. The lowest BCUT2D eigenvalue weighted by atomic mass is 10.0. The van der Waals surface area contributed by atoms with Gasteiger partial charge in [-0.05, 0) is 64.8 Å². The van der Waals surface area contributed by atoms with E-state index in [0.29, 0.717) is 12.1 Å². The molecule has 1 aliphatic rings. The Labute approximate surface area is 128 Å². The molecule has 0 bridgehead atoms. The predicted octanol–water partition coefficient (Wildman–Crippen LogP) is 4.25. The molecule has 0 heterocycles. The maximum Gasteiger partial charge on any atom is 0.0453 e. The van der Waals surface area contributed by atoms with Crippen LogP contribution in [-0.4, -0.2) is 30.6 Å². The number of nitrogens with zero attached hydrogens (tertiary/aromatic N) is 1. The molecule has 20 heavy (non-hydrogen) atoms. The van der Waals surface area contributed by atoms with Crippen molar-refractivity contribution in [3.63, 3.8) is 0 Å². The van der Waals surface area contributed by atoms with E-state index in [-0.39, 0.29) is 0 Å². The molecule has 1 aromatic rings. The molecule has 1 aliphatic carbocycles. The lowest BCUT2D eigenvalue weighted by Gasteiger charge is -2.31. The highest BCUT2D eigenvalue weighted by molar-refractivity contribution is 6.31. The van der Waals surface area contributed by atoms with Gasteiger partial charge in [0.2, 0.25) is 0 Å². The number of nitrogens with one attached hydrogen (secondary N) is 1. The maximum absolute atomic E-state index is 6.30. The van der Waals surface area contributed by atoms with E-state index in [9.17, 15) is 0 Å². The van der Waals surface area contributed by atoms with Gasteiger partial charge in [-0.3, -0.25) is 4.90 Å². The Hall–Kier alpha value is -0.570. The largest absolute Gasteiger partial charge is 0.314 e. The minimum Gasteiger partial charge on any atom is -0.314 e. The number of rotatable bonds is 8. The highest BCUT2D eigenvalue weighted by Gasteiger charge is 2.21. The molecule has 2 rings (SSSR count). The van der Waals surface area contributed by atoms with Gasteiger partial charge in [-0.2, -0.15) is 0 Å². The average molecular weight is 295 g/mol. The minimum atomic E-state index is 0.357.